The summed E-state index contributed by atoms with van der Waals surface area (Å²) in [6.07, 6.45) is 5.49. The number of aliphatic hydroxyl groups excluding tert-OH is 1. The van der Waals surface area contributed by atoms with E-state index in [2.05, 4.69) is 11.9 Å². The minimum atomic E-state index is -0.344. The zero-order valence-corrected chi connectivity index (χ0v) is 12.7. The number of ketones is 1. The summed E-state index contributed by atoms with van der Waals surface area (Å²) in [7, 11) is 2.22. The highest BCUT2D eigenvalue weighted by molar-refractivity contribution is 5.86. The van der Waals surface area contributed by atoms with Crippen molar-refractivity contribution in [2.45, 2.75) is 50.1 Å². The van der Waals surface area contributed by atoms with E-state index in [4.69, 9.17) is 0 Å². The third kappa shape index (κ3) is 3.04. The van der Waals surface area contributed by atoms with Gasteiger partial charge in [0.1, 0.15) is 5.78 Å². The second-order valence-corrected chi connectivity index (χ2v) is 6.70. The van der Waals surface area contributed by atoms with Crippen molar-refractivity contribution in [1.82, 2.24) is 4.90 Å². The summed E-state index contributed by atoms with van der Waals surface area (Å²) in [5.41, 5.74) is 0.945. The van der Waals surface area contributed by atoms with Crippen LogP contribution in [0.4, 0.5) is 0 Å². The summed E-state index contributed by atoms with van der Waals surface area (Å²) < 4.78 is 0. The highest BCUT2D eigenvalue weighted by atomic mass is 16.3. The molecule has 3 rings (SSSR count). The first-order valence-electron chi connectivity index (χ1n) is 8.09. The van der Waals surface area contributed by atoms with E-state index in [0.29, 0.717) is 24.4 Å². The van der Waals surface area contributed by atoms with Crippen LogP contribution in [0.1, 0.15) is 43.6 Å². The Morgan fingerprint density at radius 2 is 1.86 bits per heavy atom. The summed E-state index contributed by atoms with van der Waals surface area (Å²) in [6.45, 7) is -0.0810. The van der Waals surface area contributed by atoms with Crippen molar-refractivity contribution in [3.8, 4) is 0 Å². The van der Waals surface area contributed by atoms with Crippen molar-refractivity contribution in [1.29, 1.82) is 0 Å². The SMILES string of the molecule is CN1[C@H]2CC[C@H]1CC(CC(=O)[C@H](CO)c1ccccc1)C2. The Hall–Kier alpha value is -1.19. The van der Waals surface area contributed by atoms with Crippen LogP contribution in [0.25, 0.3) is 0 Å². The van der Waals surface area contributed by atoms with E-state index >= 15 is 0 Å². The lowest BCUT2D eigenvalue weighted by Crippen LogP contribution is -2.40. The van der Waals surface area contributed by atoms with E-state index in [9.17, 15) is 9.90 Å². The fourth-order valence-electron chi connectivity index (χ4n) is 4.20. The predicted octanol–water partition coefficient (Wildman–Crippen LogP) is 2.59. The molecule has 1 aromatic rings. The molecular weight excluding hydrogens is 262 g/mol. The van der Waals surface area contributed by atoms with Gasteiger partial charge in [-0.3, -0.25) is 4.79 Å². The summed E-state index contributed by atoms with van der Waals surface area (Å²) in [6, 6.07) is 11.0. The Bertz CT molecular complexity index is 473. The minimum Gasteiger partial charge on any atom is -0.395 e. The Morgan fingerprint density at radius 1 is 1.24 bits per heavy atom. The lowest BCUT2D eigenvalue weighted by molar-refractivity contribution is -0.122. The first-order valence-corrected chi connectivity index (χ1v) is 8.09. The maximum absolute atomic E-state index is 12.6. The van der Waals surface area contributed by atoms with Crippen molar-refractivity contribution < 1.29 is 9.90 Å². The van der Waals surface area contributed by atoms with Gasteiger partial charge in [0.15, 0.2) is 0 Å². The van der Waals surface area contributed by atoms with Crippen LogP contribution < -0.4 is 0 Å². The third-order valence-electron chi connectivity index (χ3n) is 5.46. The van der Waals surface area contributed by atoms with Gasteiger partial charge >= 0.3 is 0 Å². The molecule has 0 aromatic heterocycles. The molecule has 3 heteroatoms. The number of hydrogen-bond donors (Lipinski definition) is 1. The Morgan fingerprint density at radius 3 is 2.43 bits per heavy atom. The van der Waals surface area contributed by atoms with Gasteiger partial charge < -0.3 is 10.0 Å². The van der Waals surface area contributed by atoms with Gasteiger partial charge in [0.05, 0.1) is 12.5 Å². The first-order chi connectivity index (χ1) is 10.2. The number of Topliss-reactive ketones (excluding diaryl/α,β-unsaturated/α-hetero) is 1. The smallest absolute Gasteiger partial charge is 0.142 e. The van der Waals surface area contributed by atoms with Crippen LogP contribution in [0.15, 0.2) is 30.3 Å². The lowest BCUT2D eigenvalue weighted by atomic mass is 9.83. The van der Waals surface area contributed by atoms with Crippen LogP contribution in [0.5, 0.6) is 0 Å². The van der Waals surface area contributed by atoms with E-state index < -0.39 is 0 Å². The number of piperidine rings is 1. The Labute approximate surface area is 127 Å². The van der Waals surface area contributed by atoms with Crippen molar-refractivity contribution in [2.24, 2.45) is 5.92 Å². The number of fused-ring (bicyclic) bond motifs is 2. The molecule has 0 aliphatic carbocycles. The van der Waals surface area contributed by atoms with Gasteiger partial charge in [-0.1, -0.05) is 30.3 Å². The van der Waals surface area contributed by atoms with Crippen LogP contribution in [0.2, 0.25) is 0 Å². The van der Waals surface area contributed by atoms with Gasteiger partial charge in [-0.2, -0.15) is 0 Å². The van der Waals surface area contributed by atoms with Gasteiger partial charge in [-0.25, -0.2) is 0 Å². The van der Waals surface area contributed by atoms with Crippen LogP contribution in [0.3, 0.4) is 0 Å². The second-order valence-electron chi connectivity index (χ2n) is 6.70. The predicted molar refractivity (Wildman–Crippen MR) is 83.2 cm³/mol. The molecular formula is C18H25NO2. The number of carbonyl (C=O) groups excluding carboxylic acids is 1. The van der Waals surface area contributed by atoms with Crippen LogP contribution >= 0.6 is 0 Å². The van der Waals surface area contributed by atoms with Gasteiger partial charge in [0.2, 0.25) is 0 Å². The molecule has 3 nitrogen and oxygen atoms in total. The molecule has 2 heterocycles. The normalized spacial score (nSPS) is 30.3. The molecule has 2 bridgehead atoms. The number of carbonyl (C=O) groups is 1. The number of hydrogen-bond acceptors (Lipinski definition) is 3. The molecule has 2 aliphatic heterocycles. The molecule has 2 saturated heterocycles. The number of aliphatic hydroxyl groups is 1. The summed E-state index contributed by atoms with van der Waals surface area (Å²) in [5.74, 6) is 0.366. The van der Waals surface area contributed by atoms with E-state index in [1.54, 1.807) is 0 Å². The van der Waals surface area contributed by atoms with Crippen LogP contribution in [-0.2, 0) is 4.79 Å². The van der Waals surface area contributed by atoms with E-state index in [-0.39, 0.29) is 18.3 Å². The molecule has 2 fully saturated rings. The largest absolute Gasteiger partial charge is 0.395 e. The lowest BCUT2D eigenvalue weighted by Gasteiger charge is -2.36. The monoisotopic (exact) mass is 287 g/mol. The first kappa shape index (κ1) is 14.7. The molecule has 1 aromatic carbocycles. The maximum Gasteiger partial charge on any atom is 0.142 e. The standard InChI is InChI=1S/C18H25NO2/c1-19-15-7-8-16(19)10-13(9-15)11-18(21)17(12-20)14-5-3-2-4-6-14/h2-6,13,15-17,20H,7-12H2,1H3/t15-,16-,17+/m0/s1. The molecule has 0 amide bonds. The quantitative estimate of drug-likeness (QED) is 0.905. The fourth-order valence-corrected chi connectivity index (χ4v) is 4.20. The zero-order chi connectivity index (χ0) is 14.8. The molecule has 0 saturated carbocycles. The minimum absolute atomic E-state index is 0.0810. The number of nitrogens with zero attached hydrogens (tertiary/aromatic N) is 1. The Kier molecular flexibility index (Phi) is 4.41. The average molecular weight is 287 g/mol. The maximum atomic E-state index is 12.6. The van der Waals surface area contributed by atoms with E-state index in [1.165, 1.54) is 12.8 Å². The molecule has 2 aliphatic rings. The third-order valence-corrected chi connectivity index (χ3v) is 5.46. The van der Waals surface area contributed by atoms with Gasteiger partial charge in [-0.05, 0) is 44.2 Å². The highest BCUT2D eigenvalue weighted by Crippen LogP contribution is 2.39. The van der Waals surface area contributed by atoms with E-state index in [0.717, 1.165) is 18.4 Å². The summed E-state index contributed by atoms with van der Waals surface area (Å²) in [5, 5.41) is 9.61. The molecule has 3 atom stereocenters. The van der Waals surface area contributed by atoms with Gasteiger partial charge in [0.25, 0.3) is 0 Å². The second kappa shape index (κ2) is 6.29. The number of rotatable bonds is 5. The van der Waals surface area contributed by atoms with Gasteiger partial charge in [-0.15, -0.1) is 0 Å². The number of benzene rings is 1. The molecule has 0 radical (unpaired) electrons. The van der Waals surface area contributed by atoms with Crippen molar-refractivity contribution in [3.05, 3.63) is 35.9 Å². The molecule has 0 unspecified atom stereocenters. The van der Waals surface area contributed by atoms with Crippen LogP contribution in [-0.4, -0.2) is 41.5 Å². The average Bonchev–Trinajstić information content (AvgIpc) is 2.72. The molecule has 1 N–H and O–H groups in total. The molecule has 21 heavy (non-hydrogen) atoms. The van der Waals surface area contributed by atoms with E-state index in [1.807, 2.05) is 30.3 Å². The molecule has 0 spiro atoms. The Balaban J connectivity index is 1.63. The van der Waals surface area contributed by atoms with Crippen LogP contribution in [0, 0.1) is 5.92 Å². The highest BCUT2D eigenvalue weighted by Gasteiger charge is 2.39. The fraction of sp³-hybridized carbons (Fsp3) is 0.611. The van der Waals surface area contributed by atoms with Crippen molar-refractivity contribution >= 4 is 5.78 Å². The topological polar surface area (TPSA) is 40.5 Å². The summed E-state index contributed by atoms with van der Waals surface area (Å²) in [4.78, 5) is 15.1. The van der Waals surface area contributed by atoms with Crippen molar-refractivity contribution in [3.63, 3.8) is 0 Å². The zero-order valence-electron chi connectivity index (χ0n) is 12.7. The van der Waals surface area contributed by atoms with Gasteiger partial charge in [0, 0.05) is 18.5 Å². The van der Waals surface area contributed by atoms with Crippen molar-refractivity contribution in [2.75, 3.05) is 13.7 Å². The molecule has 114 valence electrons. The summed E-state index contributed by atoms with van der Waals surface area (Å²) >= 11 is 0.